The zero-order valence-electron chi connectivity index (χ0n) is 5.24. The molecule has 0 atom stereocenters. The number of thiocarbonyl (C=S) groups is 1. The molecule has 0 spiro atoms. The lowest BCUT2D eigenvalue weighted by Crippen LogP contribution is -2.26. The standard InChI is InChI=1S/C5H2N4OS/c10-4-3-2(8-9-4)1-6-5(11)7-3/h1H,(H,9,10). The maximum atomic E-state index is 10.9. The summed E-state index contributed by atoms with van der Waals surface area (Å²) in [4.78, 5) is 18.3. The van der Waals surface area contributed by atoms with Crippen molar-refractivity contribution in [1.82, 2.24) is 5.43 Å². The molecule has 11 heavy (non-hydrogen) atoms. The summed E-state index contributed by atoms with van der Waals surface area (Å²) in [7, 11) is 0. The van der Waals surface area contributed by atoms with E-state index in [-0.39, 0.29) is 16.7 Å². The summed E-state index contributed by atoms with van der Waals surface area (Å²) < 4.78 is 0. The fourth-order valence-electron chi connectivity index (χ4n) is 0.772. The van der Waals surface area contributed by atoms with E-state index in [1.54, 1.807) is 0 Å². The zero-order chi connectivity index (χ0) is 7.84. The molecule has 0 bridgehead atoms. The lowest BCUT2D eigenvalue weighted by molar-refractivity contribution is -0.114. The van der Waals surface area contributed by atoms with E-state index in [4.69, 9.17) is 0 Å². The first-order valence-corrected chi connectivity index (χ1v) is 3.23. The quantitative estimate of drug-likeness (QED) is 0.483. The van der Waals surface area contributed by atoms with Gasteiger partial charge in [-0.3, -0.25) is 4.79 Å². The van der Waals surface area contributed by atoms with Crippen molar-refractivity contribution in [3.05, 3.63) is 0 Å². The predicted molar refractivity (Wildman–Crippen MR) is 44.1 cm³/mol. The van der Waals surface area contributed by atoms with Gasteiger partial charge in [-0.1, -0.05) is 0 Å². The molecule has 2 aliphatic heterocycles. The molecule has 0 saturated carbocycles. The number of carbonyl (C=O) groups is 1. The summed E-state index contributed by atoms with van der Waals surface area (Å²) in [5.74, 6) is -0.325. The van der Waals surface area contributed by atoms with Crippen molar-refractivity contribution in [1.29, 1.82) is 0 Å². The average Bonchev–Trinajstić information content (AvgIpc) is 2.33. The molecule has 6 heteroatoms. The van der Waals surface area contributed by atoms with E-state index in [1.165, 1.54) is 6.21 Å². The van der Waals surface area contributed by atoms with Crippen LogP contribution in [0, 0.1) is 0 Å². The third-order valence-corrected chi connectivity index (χ3v) is 1.44. The summed E-state index contributed by atoms with van der Waals surface area (Å²) in [6.45, 7) is 0. The number of carbonyl (C=O) groups excluding carboxylic acids is 1. The molecule has 0 saturated heterocycles. The van der Waals surface area contributed by atoms with Gasteiger partial charge in [-0.25, -0.2) is 15.4 Å². The molecule has 0 aromatic heterocycles. The zero-order valence-corrected chi connectivity index (χ0v) is 6.05. The van der Waals surface area contributed by atoms with E-state index in [0.717, 1.165) is 0 Å². The van der Waals surface area contributed by atoms with Crippen LogP contribution in [0.1, 0.15) is 0 Å². The number of hydrogen-bond donors (Lipinski definition) is 1. The molecule has 0 aliphatic carbocycles. The Kier molecular flexibility index (Phi) is 1.16. The Morgan fingerprint density at radius 3 is 3.18 bits per heavy atom. The van der Waals surface area contributed by atoms with E-state index in [2.05, 4.69) is 32.7 Å². The van der Waals surface area contributed by atoms with E-state index in [1.807, 2.05) is 0 Å². The highest BCUT2D eigenvalue weighted by molar-refractivity contribution is 7.80. The number of rotatable bonds is 0. The lowest BCUT2D eigenvalue weighted by Gasteiger charge is -1.97. The Morgan fingerprint density at radius 1 is 1.55 bits per heavy atom. The lowest BCUT2D eigenvalue weighted by atomic mass is 10.2. The predicted octanol–water partition coefficient (Wildman–Crippen LogP) is -0.718. The second kappa shape index (κ2) is 2.03. The Hall–Kier alpha value is -1.43. The summed E-state index contributed by atoms with van der Waals surface area (Å²) >= 11 is 4.66. The number of amides is 1. The van der Waals surface area contributed by atoms with Crippen molar-refractivity contribution < 1.29 is 4.79 Å². The maximum Gasteiger partial charge on any atom is 0.292 e. The fraction of sp³-hybridized carbons (Fsp3) is 0. The fourth-order valence-corrected chi connectivity index (χ4v) is 0.916. The summed E-state index contributed by atoms with van der Waals surface area (Å²) in [5.41, 5.74) is 2.95. The second-order valence-electron chi connectivity index (χ2n) is 1.94. The van der Waals surface area contributed by atoms with Crippen molar-refractivity contribution in [2.75, 3.05) is 0 Å². The van der Waals surface area contributed by atoms with Crippen molar-refractivity contribution in [2.45, 2.75) is 0 Å². The third-order valence-electron chi connectivity index (χ3n) is 1.24. The number of fused-ring (bicyclic) bond motifs is 1. The van der Waals surface area contributed by atoms with Crippen LogP contribution in [0.4, 0.5) is 0 Å². The van der Waals surface area contributed by atoms with Gasteiger partial charge in [0.25, 0.3) is 5.91 Å². The Bertz CT molecular complexity index is 340. The maximum absolute atomic E-state index is 10.9. The van der Waals surface area contributed by atoms with Gasteiger partial charge in [-0.2, -0.15) is 5.10 Å². The SMILES string of the molecule is O=C1NN=C2C=NC(=S)N=C12. The molecular formula is C5H2N4OS. The highest BCUT2D eigenvalue weighted by Crippen LogP contribution is 1.99. The average molecular weight is 166 g/mol. The topological polar surface area (TPSA) is 66.2 Å². The molecule has 0 aromatic carbocycles. The van der Waals surface area contributed by atoms with Crippen LogP contribution in [-0.2, 0) is 4.79 Å². The molecule has 0 radical (unpaired) electrons. The van der Waals surface area contributed by atoms with Crippen LogP contribution in [-0.4, -0.2) is 28.7 Å². The Labute approximate surface area is 66.9 Å². The molecule has 2 aliphatic rings. The molecule has 2 rings (SSSR count). The molecule has 54 valence electrons. The van der Waals surface area contributed by atoms with Crippen LogP contribution < -0.4 is 5.43 Å². The van der Waals surface area contributed by atoms with Crippen LogP contribution in [0.15, 0.2) is 15.1 Å². The monoisotopic (exact) mass is 166 g/mol. The van der Waals surface area contributed by atoms with E-state index in [9.17, 15) is 4.79 Å². The molecule has 0 fully saturated rings. The molecule has 1 N–H and O–H groups in total. The molecule has 1 amide bonds. The number of hydrazone groups is 1. The third kappa shape index (κ3) is 0.874. The minimum Gasteiger partial charge on any atom is -0.265 e. The van der Waals surface area contributed by atoms with Crippen LogP contribution in [0.3, 0.4) is 0 Å². The Morgan fingerprint density at radius 2 is 2.36 bits per heavy atom. The van der Waals surface area contributed by atoms with Crippen LogP contribution >= 0.6 is 12.2 Å². The van der Waals surface area contributed by atoms with Crippen molar-refractivity contribution in [2.24, 2.45) is 15.1 Å². The first kappa shape index (κ1) is 6.29. The number of hydrogen-bond acceptors (Lipinski definition) is 3. The van der Waals surface area contributed by atoms with Crippen LogP contribution in [0.5, 0.6) is 0 Å². The van der Waals surface area contributed by atoms with Gasteiger partial charge in [-0.05, 0) is 12.2 Å². The minimum atomic E-state index is -0.325. The van der Waals surface area contributed by atoms with Crippen molar-refractivity contribution in [3.63, 3.8) is 0 Å². The van der Waals surface area contributed by atoms with Gasteiger partial charge in [0.1, 0.15) is 5.71 Å². The van der Waals surface area contributed by atoms with Gasteiger partial charge < -0.3 is 0 Å². The smallest absolute Gasteiger partial charge is 0.265 e. The minimum absolute atomic E-state index is 0.163. The van der Waals surface area contributed by atoms with Gasteiger partial charge in [-0.15, -0.1) is 0 Å². The number of nitrogens with one attached hydrogen (secondary N) is 1. The molecule has 0 unspecified atom stereocenters. The van der Waals surface area contributed by atoms with Gasteiger partial charge in [0.05, 0.1) is 6.21 Å². The molecule has 0 aromatic rings. The van der Waals surface area contributed by atoms with Gasteiger partial charge in [0, 0.05) is 0 Å². The summed E-state index contributed by atoms with van der Waals surface area (Å²) in [5, 5.41) is 3.81. The second-order valence-corrected chi connectivity index (χ2v) is 2.30. The van der Waals surface area contributed by atoms with Crippen molar-refractivity contribution >= 4 is 40.9 Å². The van der Waals surface area contributed by atoms with Crippen LogP contribution in [0.2, 0.25) is 0 Å². The highest BCUT2D eigenvalue weighted by atomic mass is 32.1. The first-order valence-electron chi connectivity index (χ1n) is 2.82. The normalized spacial score (nSPS) is 20.7. The van der Waals surface area contributed by atoms with Crippen molar-refractivity contribution in [3.8, 4) is 0 Å². The van der Waals surface area contributed by atoms with E-state index < -0.39 is 0 Å². The molecule has 5 nitrogen and oxygen atoms in total. The van der Waals surface area contributed by atoms with E-state index >= 15 is 0 Å². The molecule has 2 heterocycles. The first-order chi connectivity index (χ1) is 5.27. The Balaban J connectivity index is 2.50. The summed E-state index contributed by atoms with van der Waals surface area (Å²) in [6.07, 6.45) is 1.42. The highest BCUT2D eigenvalue weighted by Gasteiger charge is 2.25. The van der Waals surface area contributed by atoms with Crippen LogP contribution in [0.25, 0.3) is 0 Å². The van der Waals surface area contributed by atoms with Gasteiger partial charge >= 0.3 is 0 Å². The number of nitrogens with zero attached hydrogens (tertiary/aromatic N) is 3. The van der Waals surface area contributed by atoms with Gasteiger partial charge in [0.15, 0.2) is 5.71 Å². The molecular weight excluding hydrogens is 164 g/mol. The number of aliphatic imine (C=N–C) groups is 2. The van der Waals surface area contributed by atoms with E-state index in [0.29, 0.717) is 5.71 Å². The largest absolute Gasteiger partial charge is 0.292 e. The summed E-state index contributed by atoms with van der Waals surface area (Å²) in [6, 6.07) is 0. The van der Waals surface area contributed by atoms with Gasteiger partial charge in [0.2, 0.25) is 5.11 Å².